The van der Waals surface area contributed by atoms with Crippen molar-refractivity contribution in [1.29, 1.82) is 0 Å². The summed E-state index contributed by atoms with van der Waals surface area (Å²) < 4.78 is 50.7. The van der Waals surface area contributed by atoms with Crippen LogP contribution in [0.1, 0.15) is 18.4 Å². The minimum Gasteiger partial charge on any atom is -0.312 e. The molecule has 0 spiro atoms. The van der Waals surface area contributed by atoms with Crippen LogP contribution in [-0.4, -0.2) is 29.3 Å². The smallest absolute Gasteiger partial charge is 0.261 e. The van der Waals surface area contributed by atoms with E-state index in [1.54, 1.807) is 24.0 Å². The molecule has 27 heavy (non-hydrogen) atoms. The number of aryl methyl sites for hydroxylation is 1. The van der Waals surface area contributed by atoms with E-state index in [1.165, 1.54) is 30.3 Å². The summed E-state index contributed by atoms with van der Waals surface area (Å²) in [7, 11) is -7.90. The van der Waals surface area contributed by atoms with Crippen molar-refractivity contribution in [1.82, 2.24) is 0 Å². The van der Waals surface area contributed by atoms with E-state index in [4.69, 9.17) is 5.14 Å². The van der Waals surface area contributed by atoms with Gasteiger partial charge in [0.15, 0.2) is 0 Å². The third-order valence-electron chi connectivity index (χ3n) is 4.28. The van der Waals surface area contributed by atoms with Crippen LogP contribution in [0.15, 0.2) is 52.3 Å². The fraction of sp³-hybridized carbons (Fsp3) is 0.235. The van der Waals surface area contributed by atoms with Crippen LogP contribution in [0.2, 0.25) is 0 Å². The average Bonchev–Trinajstić information content (AvgIpc) is 3.01. The van der Waals surface area contributed by atoms with Crippen LogP contribution in [0, 0.1) is 6.92 Å². The molecule has 1 saturated heterocycles. The summed E-state index contributed by atoms with van der Waals surface area (Å²) in [6, 6.07) is 10.1. The molecule has 0 saturated carbocycles. The maximum Gasteiger partial charge on any atom is 0.261 e. The summed E-state index contributed by atoms with van der Waals surface area (Å²) in [6.07, 6.45) is 1.27. The van der Waals surface area contributed by atoms with Crippen molar-refractivity contribution in [2.45, 2.75) is 29.6 Å². The van der Waals surface area contributed by atoms with Crippen LogP contribution < -0.4 is 14.8 Å². The number of anilines is 2. The van der Waals surface area contributed by atoms with Crippen LogP contribution in [-0.2, 0) is 24.8 Å². The van der Waals surface area contributed by atoms with Crippen LogP contribution >= 0.6 is 0 Å². The van der Waals surface area contributed by atoms with Crippen molar-refractivity contribution >= 4 is 37.3 Å². The summed E-state index contributed by atoms with van der Waals surface area (Å²) >= 11 is 0. The van der Waals surface area contributed by atoms with Gasteiger partial charge in [0.25, 0.3) is 10.0 Å². The number of hydrogen-bond donors (Lipinski definition) is 2. The van der Waals surface area contributed by atoms with E-state index in [2.05, 4.69) is 4.72 Å². The zero-order valence-electron chi connectivity index (χ0n) is 14.5. The molecule has 3 N–H and O–H groups in total. The van der Waals surface area contributed by atoms with Crippen molar-refractivity contribution in [2.75, 3.05) is 16.2 Å². The van der Waals surface area contributed by atoms with E-state index in [0.29, 0.717) is 24.2 Å². The average molecular weight is 409 g/mol. The summed E-state index contributed by atoms with van der Waals surface area (Å²) in [6.45, 7) is 2.18. The molecule has 0 aromatic heterocycles. The van der Waals surface area contributed by atoms with Gasteiger partial charge in [0.2, 0.25) is 15.9 Å². The van der Waals surface area contributed by atoms with Gasteiger partial charge in [-0.05, 0) is 55.3 Å². The van der Waals surface area contributed by atoms with Gasteiger partial charge in [-0.1, -0.05) is 6.07 Å². The fourth-order valence-corrected chi connectivity index (χ4v) is 4.77. The van der Waals surface area contributed by atoms with Crippen LogP contribution in [0.5, 0.6) is 0 Å². The topological polar surface area (TPSA) is 127 Å². The van der Waals surface area contributed by atoms with Gasteiger partial charge in [-0.3, -0.25) is 9.52 Å². The zero-order valence-corrected chi connectivity index (χ0v) is 16.2. The lowest BCUT2D eigenvalue weighted by molar-refractivity contribution is -0.117. The predicted octanol–water partition coefficient (Wildman–Crippen LogP) is 1.57. The highest BCUT2D eigenvalue weighted by atomic mass is 32.2. The highest BCUT2D eigenvalue weighted by molar-refractivity contribution is 7.92. The third-order valence-corrected chi connectivity index (χ3v) is 6.73. The molecule has 1 aliphatic heterocycles. The Morgan fingerprint density at radius 2 is 1.70 bits per heavy atom. The fourth-order valence-electron chi connectivity index (χ4n) is 2.91. The summed E-state index contributed by atoms with van der Waals surface area (Å²) in [5.41, 5.74) is 1.15. The molecule has 0 bridgehead atoms. The molecule has 1 aliphatic rings. The Bertz CT molecular complexity index is 1090. The molecule has 1 fully saturated rings. The number of benzene rings is 2. The quantitative estimate of drug-likeness (QED) is 0.775. The summed E-state index contributed by atoms with van der Waals surface area (Å²) in [5, 5.41) is 5.15. The van der Waals surface area contributed by atoms with Gasteiger partial charge in [0.05, 0.1) is 15.5 Å². The number of nitrogens with zero attached hydrogens (tertiary/aromatic N) is 1. The minimum absolute atomic E-state index is 0.00405. The first-order valence-corrected chi connectivity index (χ1v) is 11.2. The molecular formula is C17H19N3O5S2. The van der Waals surface area contributed by atoms with E-state index in [9.17, 15) is 21.6 Å². The molecule has 0 radical (unpaired) electrons. The van der Waals surface area contributed by atoms with Gasteiger partial charge in [-0.25, -0.2) is 22.0 Å². The molecule has 1 heterocycles. The Morgan fingerprint density at radius 1 is 1.04 bits per heavy atom. The standard InChI is InChI=1S/C17H19N3O5S2/c1-12-4-5-13(11-16(12)26(18,22)23)19-27(24,25)15-8-6-14(7-9-15)20-10-2-3-17(20)21/h4-9,11,19H,2-3,10H2,1H3,(H2,18,22,23). The Morgan fingerprint density at radius 3 is 2.26 bits per heavy atom. The van der Waals surface area contributed by atoms with Crippen LogP contribution in [0.4, 0.5) is 11.4 Å². The predicted molar refractivity (Wildman–Crippen MR) is 101 cm³/mol. The van der Waals surface area contributed by atoms with Crippen molar-refractivity contribution in [2.24, 2.45) is 5.14 Å². The first-order chi connectivity index (χ1) is 12.6. The second kappa shape index (κ2) is 6.95. The molecular weight excluding hydrogens is 390 g/mol. The lowest BCUT2D eigenvalue weighted by Crippen LogP contribution is -2.23. The molecule has 3 rings (SSSR count). The number of sulfonamides is 2. The maximum absolute atomic E-state index is 12.6. The monoisotopic (exact) mass is 409 g/mol. The second-order valence-electron chi connectivity index (χ2n) is 6.27. The number of primary sulfonamides is 1. The van der Waals surface area contributed by atoms with Crippen molar-refractivity contribution in [3.8, 4) is 0 Å². The van der Waals surface area contributed by atoms with Crippen LogP contribution in [0.25, 0.3) is 0 Å². The Labute approximate surface area is 158 Å². The lowest BCUT2D eigenvalue weighted by atomic mass is 10.2. The molecule has 0 unspecified atom stereocenters. The largest absolute Gasteiger partial charge is 0.312 e. The van der Waals surface area contributed by atoms with Crippen molar-refractivity contribution in [3.05, 3.63) is 48.0 Å². The number of nitrogens with one attached hydrogen (secondary N) is 1. The molecule has 0 atom stereocenters. The maximum atomic E-state index is 12.6. The minimum atomic E-state index is -3.97. The van der Waals surface area contributed by atoms with Crippen LogP contribution in [0.3, 0.4) is 0 Å². The van der Waals surface area contributed by atoms with Crippen molar-refractivity contribution < 1.29 is 21.6 Å². The number of amides is 1. The molecule has 2 aromatic rings. The SMILES string of the molecule is Cc1ccc(NS(=O)(=O)c2ccc(N3CCCC3=O)cc2)cc1S(N)(=O)=O. The van der Waals surface area contributed by atoms with Crippen molar-refractivity contribution in [3.63, 3.8) is 0 Å². The number of carbonyl (C=O) groups is 1. The van der Waals surface area contributed by atoms with Gasteiger partial charge in [-0.2, -0.15) is 0 Å². The second-order valence-corrected chi connectivity index (χ2v) is 9.49. The molecule has 10 heteroatoms. The van der Waals surface area contributed by atoms with E-state index in [0.717, 1.165) is 6.42 Å². The number of hydrogen-bond acceptors (Lipinski definition) is 5. The first-order valence-electron chi connectivity index (χ1n) is 8.15. The summed E-state index contributed by atoms with van der Waals surface area (Å²) in [4.78, 5) is 13.2. The molecule has 1 amide bonds. The molecule has 144 valence electrons. The number of nitrogens with two attached hydrogens (primary N) is 1. The molecule has 0 aliphatic carbocycles. The number of rotatable bonds is 5. The molecule has 8 nitrogen and oxygen atoms in total. The highest BCUT2D eigenvalue weighted by Gasteiger charge is 2.23. The third kappa shape index (κ3) is 4.12. The number of carbonyl (C=O) groups excluding carboxylic acids is 1. The Balaban J connectivity index is 1.86. The zero-order chi connectivity index (χ0) is 19.8. The highest BCUT2D eigenvalue weighted by Crippen LogP contribution is 2.25. The Hall–Kier alpha value is -2.43. The van der Waals surface area contributed by atoms with Gasteiger partial charge in [0.1, 0.15) is 0 Å². The molecule has 2 aromatic carbocycles. The first kappa shape index (κ1) is 19.3. The lowest BCUT2D eigenvalue weighted by Gasteiger charge is -2.16. The van der Waals surface area contributed by atoms with Gasteiger partial charge in [-0.15, -0.1) is 0 Å². The summed E-state index contributed by atoms with van der Waals surface area (Å²) in [5.74, 6) is 0.0129. The van der Waals surface area contributed by atoms with E-state index < -0.39 is 20.0 Å². The Kier molecular flexibility index (Phi) is 4.98. The van der Waals surface area contributed by atoms with E-state index in [-0.39, 0.29) is 21.4 Å². The van der Waals surface area contributed by atoms with Gasteiger partial charge < -0.3 is 4.90 Å². The normalized spacial score (nSPS) is 15.2. The van der Waals surface area contributed by atoms with Gasteiger partial charge in [0, 0.05) is 18.7 Å². The van der Waals surface area contributed by atoms with E-state index in [1.807, 2.05) is 0 Å². The van der Waals surface area contributed by atoms with E-state index >= 15 is 0 Å². The van der Waals surface area contributed by atoms with Gasteiger partial charge >= 0.3 is 0 Å².